The monoisotopic (exact) mass is 403 g/mol. The van der Waals surface area contributed by atoms with Crippen molar-refractivity contribution < 1.29 is 9.18 Å². The summed E-state index contributed by atoms with van der Waals surface area (Å²) < 4.78 is 13.7. The van der Waals surface area contributed by atoms with Crippen LogP contribution in [0.25, 0.3) is 11.0 Å². The molecule has 4 nitrogen and oxygen atoms in total. The number of imidazole rings is 1. The van der Waals surface area contributed by atoms with E-state index >= 15 is 0 Å². The van der Waals surface area contributed by atoms with Crippen molar-refractivity contribution in [2.75, 3.05) is 0 Å². The van der Waals surface area contributed by atoms with E-state index in [1.165, 1.54) is 18.2 Å². The van der Waals surface area contributed by atoms with Gasteiger partial charge in [-0.3, -0.25) is 4.79 Å². The normalized spacial score (nSPS) is 12.5. The van der Waals surface area contributed by atoms with E-state index in [1.807, 2.05) is 24.3 Å². The van der Waals surface area contributed by atoms with Gasteiger partial charge >= 0.3 is 0 Å². The second-order valence-corrected chi connectivity index (χ2v) is 7.27. The van der Waals surface area contributed by atoms with Crippen molar-refractivity contribution in [1.29, 1.82) is 0 Å². The van der Waals surface area contributed by atoms with Crippen LogP contribution in [-0.2, 0) is 0 Å². The van der Waals surface area contributed by atoms with Crippen LogP contribution in [0.5, 0.6) is 0 Å². The molecule has 3 aromatic rings. The minimum absolute atomic E-state index is 0.253. The number of aromatic nitrogens is 2. The minimum Gasteiger partial charge on any atom is -0.342 e. The molecule has 1 unspecified atom stereocenters. The number of carbonyl (C=O) groups is 1. The molecule has 3 rings (SSSR count). The second-order valence-electron chi connectivity index (χ2n) is 6.42. The van der Waals surface area contributed by atoms with Gasteiger partial charge in [0.25, 0.3) is 5.91 Å². The molecule has 1 atom stereocenters. The molecule has 1 aromatic heterocycles. The van der Waals surface area contributed by atoms with Crippen LogP contribution < -0.4 is 5.32 Å². The Labute approximate surface area is 154 Å². The Balaban J connectivity index is 1.89. The minimum atomic E-state index is -0.389. The summed E-state index contributed by atoms with van der Waals surface area (Å²) in [5.41, 5.74) is 2.19. The van der Waals surface area contributed by atoms with Gasteiger partial charge in [0.1, 0.15) is 11.6 Å². The van der Waals surface area contributed by atoms with Crippen LogP contribution in [0, 0.1) is 11.7 Å². The lowest BCUT2D eigenvalue weighted by atomic mass is 10.0. The Hall–Kier alpha value is -2.21. The van der Waals surface area contributed by atoms with Crippen molar-refractivity contribution in [3.8, 4) is 0 Å². The molecule has 2 N–H and O–H groups in total. The maximum atomic E-state index is 13.3. The maximum Gasteiger partial charge on any atom is 0.253 e. The van der Waals surface area contributed by atoms with Gasteiger partial charge in [0.2, 0.25) is 0 Å². The molecule has 25 heavy (non-hydrogen) atoms. The number of nitrogens with one attached hydrogen (secondary N) is 2. The third-order valence-corrected chi connectivity index (χ3v) is 4.58. The van der Waals surface area contributed by atoms with Crippen LogP contribution in [-0.4, -0.2) is 15.9 Å². The van der Waals surface area contributed by atoms with E-state index in [4.69, 9.17) is 0 Å². The number of halogens is 2. The molecular formula is C19H19BrFN3O. The average molecular weight is 404 g/mol. The van der Waals surface area contributed by atoms with Gasteiger partial charge in [0, 0.05) is 4.47 Å². The number of H-pyrrole nitrogens is 1. The number of rotatable bonds is 5. The zero-order valence-electron chi connectivity index (χ0n) is 14.0. The molecule has 0 saturated carbocycles. The molecule has 0 aliphatic carbocycles. The number of hydrogen-bond donors (Lipinski definition) is 2. The number of hydrogen-bond acceptors (Lipinski definition) is 2. The van der Waals surface area contributed by atoms with Crippen molar-refractivity contribution in [2.45, 2.75) is 26.3 Å². The first-order valence-electron chi connectivity index (χ1n) is 8.14. The van der Waals surface area contributed by atoms with Crippen LogP contribution in [0.4, 0.5) is 4.39 Å². The SMILES string of the molecule is CC(C)CC(NC(=O)c1ccc(F)cc1Br)c1nc2ccccc2[nH]1. The van der Waals surface area contributed by atoms with Gasteiger partial charge in [0.15, 0.2) is 0 Å². The number of benzene rings is 2. The van der Waals surface area contributed by atoms with Crippen LogP contribution in [0.15, 0.2) is 46.9 Å². The van der Waals surface area contributed by atoms with E-state index in [0.29, 0.717) is 16.0 Å². The molecule has 0 fully saturated rings. The highest BCUT2D eigenvalue weighted by atomic mass is 79.9. The van der Waals surface area contributed by atoms with Crippen LogP contribution in [0.1, 0.15) is 42.5 Å². The third kappa shape index (κ3) is 4.07. The summed E-state index contributed by atoms with van der Waals surface area (Å²) in [6, 6.07) is 11.5. The fourth-order valence-corrected chi connectivity index (χ4v) is 3.29. The second kappa shape index (κ2) is 7.35. The third-order valence-electron chi connectivity index (χ3n) is 3.93. The van der Waals surface area contributed by atoms with E-state index in [9.17, 15) is 9.18 Å². The summed E-state index contributed by atoms with van der Waals surface area (Å²) in [7, 11) is 0. The van der Waals surface area contributed by atoms with Gasteiger partial charge in [-0.25, -0.2) is 9.37 Å². The number of nitrogens with zero attached hydrogens (tertiary/aromatic N) is 1. The van der Waals surface area contributed by atoms with E-state index in [1.54, 1.807) is 0 Å². The summed E-state index contributed by atoms with van der Waals surface area (Å²) in [5.74, 6) is 0.439. The largest absolute Gasteiger partial charge is 0.342 e. The highest BCUT2D eigenvalue weighted by molar-refractivity contribution is 9.10. The summed E-state index contributed by atoms with van der Waals surface area (Å²) in [6.45, 7) is 4.19. The predicted octanol–water partition coefficient (Wildman–Crippen LogP) is 4.98. The molecule has 130 valence electrons. The Morgan fingerprint density at radius 2 is 2.04 bits per heavy atom. The number of para-hydroxylation sites is 2. The van der Waals surface area contributed by atoms with Crippen LogP contribution in [0.3, 0.4) is 0 Å². The number of fused-ring (bicyclic) bond motifs is 1. The van der Waals surface area contributed by atoms with Gasteiger partial charge in [0.05, 0.1) is 22.6 Å². The lowest BCUT2D eigenvalue weighted by Crippen LogP contribution is -2.30. The van der Waals surface area contributed by atoms with Gasteiger partial charge in [-0.1, -0.05) is 26.0 Å². The van der Waals surface area contributed by atoms with Crippen molar-refractivity contribution in [3.63, 3.8) is 0 Å². The zero-order chi connectivity index (χ0) is 18.0. The molecule has 0 bridgehead atoms. The number of carbonyl (C=O) groups excluding carboxylic acids is 1. The van der Waals surface area contributed by atoms with Crippen molar-refractivity contribution in [2.24, 2.45) is 5.92 Å². The van der Waals surface area contributed by atoms with Gasteiger partial charge < -0.3 is 10.3 Å². The molecule has 1 heterocycles. The highest BCUT2D eigenvalue weighted by Gasteiger charge is 2.21. The Morgan fingerprint density at radius 1 is 1.28 bits per heavy atom. The first-order chi connectivity index (χ1) is 11.9. The lowest BCUT2D eigenvalue weighted by Gasteiger charge is -2.19. The first-order valence-corrected chi connectivity index (χ1v) is 8.94. The number of amides is 1. The molecule has 6 heteroatoms. The summed E-state index contributed by atoms with van der Waals surface area (Å²) >= 11 is 3.25. The van der Waals surface area contributed by atoms with Gasteiger partial charge in [-0.2, -0.15) is 0 Å². The molecule has 0 aliphatic rings. The zero-order valence-corrected chi connectivity index (χ0v) is 15.6. The molecule has 0 aliphatic heterocycles. The molecule has 0 spiro atoms. The van der Waals surface area contributed by atoms with Crippen LogP contribution >= 0.6 is 15.9 Å². The van der Waals surface area contributed by atoms with E-state index in [0.717, 1.165) is 23.3 Å². The van der Waals surface area contributed by atoms with Crippen LogP contribution in [0.2, 0.25) is 0 Å². The summed E-state index contributed by atoms with van der Waals surface area (Å²) in [5, 5.41) is 3.02. The van der Waals surface area contributed by atoms with Gasteiger partial charge in [-0.15, -0.1) is 0 Å². The first kappa shape index (κ1) is 17.6. The van der Waals surface area contributed by atoms with E-state index in [2.05, 4.69) is 45.1 Å². The lowest BCUT2D eigenvalue weighted by molar-refractivity contribution is 0.0929. The van der Waals surface area contributed by atoms with E-state index < -0.39 is 0 Å². The Kier molecular flexibility index (Phi) is 5.18. The molecular weight excluding hydrogens is 385 g/mol. The molecule has 2 aromatic carbocycles. The predicted molar refractivity (Wildman–Crippen MR) is 99.9 cm³/mol. The smallest absolute Gasteiger partial charge is 0.253 e. The van der Waals surface area contributed by atoms with Crippen molar-refractivity contribution >= 4 is 32.9 Å². The molecule has 0 radical (unpaired) electrons. The topological polar surface area (TPSA) is 57.8 Å². The fraction of sp³-hybridized carbons (Fsp3) is 0.263. The molecule has 1 amide bonds. The quantitative estimate of drug-likeness (QED) is 0.630. The standard InChI is InChI=1S/C19H19BrFN3O/c1-11(2)9-17(18-22-15-5-3-4-6-16(15)23-18)24-19(25)13-8-7-12(21)10-14(13)20/h3-8,10-11,17H,9H2,1-2H3,(H,22,23)(H,24,25). The summed E-state index contributed by atoms with van der Waals surface area (Å²) in [6.07, 6.45) is 0.740. The maximum absolute atomic E-state index is 13.3. The Morgan fingerprint density at radius 3 is 2.72 bits per heavy atom. The highest BCUT2D eigenvalue weighted by Crippen LogP contribution is 2.24. The fourth-order valence-electron chi connectivity index (χ4n) is 2.76. The Bertz CT molecular complexity index is 874. The average Bonchev–Trinajstić information content (AvgIpc) is 2.97. The van der Waals surface area contributed by atoms with Crippen molar-refractivity contribution in [1.82, 2.24) is 15.3 Å². The molecule has 0 saturated heterocycles. The summed E-state index contributed by atoms with van der Waals surface area (Å²) in [4.78, 5) is 20.5. The van der Waals surface area contributed by atoms with Gasteiger partial charge in [-0.05, 0) is 58.6 Å². The van der Waals surface area contributed by atoms with Crippen molar-refractivity contribution in [3.05, 3.63) is 64.1 Å². The number of aromatic amines is 1. The van der Waals surface area contributed by atoms with E-state index in [-0.39, 0.29) is 17.8 Å².